The maximum absolute atomic E-state index is 13.1. The lowest BCUT2D eigenvalue weighted by Gasteiger charge is -2.21. The predicted molar refractivity (Wildman–Crippen MR) is 454 cm³/mol. The Hall–Kier alpha value is -6.10. The molecule has 0 radical (unpaired) electrons. The predicted octanol–water partition coefficient (Wildman–Crippen LogP) is 24.9. The van der Waals surface area contributed by atoms with Gasteiger partial charge in [0, 0.05) is 25.7 Å². The summed E-state index contributed by atoms with van der Waals surface area (Å²) in [4.78, 5) is 73.1. The van der Waals surface area contributed by atoms with Crippen LogP contribution in [0.5, 0.6) is 0 Å². The number of phosphoric ester groups is 2. The Balaban J connectivity index is 5.56. The highest BCUT2D eigenvalue weighted by atomic mass is 31.2. The second-order valence-electron chi connectivity index (χ2n) is 27.0. The van der Waals surface area contributed by atoms with Crippen LogP contribution in [0.2, 0.25) is 0 Å². The van der Waals surface area contributed by atoms with Crippen molar-refractivity contribution in [2.45, 2.75) is 316 Å². The van der Waals surface area contributed by atoms with E-state index in [0.29, 0.717) is 38.5 Å². The van der Waals surface area contributed by atoms with Crippen LogP contribution in [0.15, 0.2) is 194 Å². The number of ether oxygens (including phenoxy) is 4. The molecule has 0 aliphatic heterocycles. The van der Waals surface area contributed by atoms with Crippen LogP contribution in [0.1, 0.15) is 297 Å². The summed E-state index contributed by atoms with van der Waals surface area (Å²) in [5.74, 6) is -2.42. The maximum Gasteiger partial charge on any atom is 0.472 e. The SMILES string of the molecule is CC/C=C\C/C=C\C/C=C\C/C=C\C/C=C\C/C=C\CCC(=O)OC[C@H](COP(=O)(O)OC[C@@H](O)COP(=O)(O)OC[C@@H](COC(=O)CCCCCCCCCCCCCCC)OC(=O)CCCCC/C=C\C/C=C\C/C=C\C/C=C\C/C=C\CC)OC(=O)CC/C=C\C/C=C\C/C=C\C/C=C\C/C=C\CCCCC. The van der Waals surface area contributed by atoms with E-state index in [1.165, 1.54) is 70.6 Å². The number of rotatable bonds is 76. The van der Waals surface area contributed by atoms with Gasteiger partial charge in [0.15, 0.2) is 12.2 Å². The molecule has 3 N–H and O–H groups in total. The van der Waals surface area contributed by atoms with Crippen molar-refractivity contribution in [2.75, 3.05) is 39.6 Å². The minimum absolute atomic E-state index is 0.0126. The van der Waals surface area contributed by atoms with Crippen LogP contribution >= 0.6 is 15.6 Å². The number of hydrogen-bond acceptors (Lipinski definition) is 15. The van der Waals surface area contributed by atoms with E-state index in [4.69, 9.17) is 37.0 Å². The molecular formula is C91H146O17P2. The standard InChI is InChI=1S/C91H146O17P2/c1-5-9-13-17-21-25-29-33-36-39-42-45-48-52-56-60-64-68-72-76-89(94)102-82-87(108-91(96)78-74-70-66-62-58-54-50-47-44-41-38-35-31-27-23-19-15-11-7-3)84-106-110(99,100)104-80-85(92)79-103-109(97,98)105-83-86(81-101-88(93)75-71-67-63-59-55-51-32-28-24-20-16-12-8-4)107-90(95)77-73-69-65-61-57-53-49-46-43-40-37-34-30-26-22-18-14-10-6-2/h9-10,13-14,21-23,25-27,33-38,42-47,52-54,56-58,64,66,68,70,85-87,92H,5-8,11-12,15-20,24,28-32,39-41,48-51,55,59-63,65,67,69,71-84H2,1-4H3,(H,97,98)(H,99,100)/b13-9-,14-10-,25-21-,26-22-,27-23-,36-33-,37-34-,38-35-,45-42-,46-43-,47-44-,56-52-,57-53-,58-54-,68-64-,70-66-/t85-,86+,87+/m0/s1. The van der Waals surface area contributed by atoms with Gasteiger partial charge in [-0.3, -0.25) is 37.3 Å². The average molecular weight is 1570 g/mol. The van der Waals surface area contributed by atoms with Crippen molar-refractivity contribution in [2.24, 2.45) is 0 Å². The molecule has 0 aromatic carbocycles. The minimum atomic E-state index is -5.03. The fourth-order valence-corrected chi connectivity index (χ4v) is 11.9. The van der Waals surface area contributed by atoms with Gasteiger partial charge in [0.2, 0.25) is 0 Å². The molecule has 19 heteroatoms. The van der Waals surface area contributed by atoms with Crippen LogP contribution in [0.3, 0.4) is 0 Å². The first-order valence-electron chi connectivity index (χ1n) is 41.7. The first kappa shape index (κ1) is 104. The van der Waals surface area contributed by atoms with Crippen molar-refractivity contribution in [1.82, 2.24) is 0 Å². The molecule has 0 aromatic heterocycles. The van der Waals surface area contributed by atoms with E-state index in [1.807, 2.05) is 36.5 Å². The number of aliphatic hydroxyl groups excluding tert-OH is 1. The van der Waals surface area contributed by atoms with E-state index >= 15 is 0 Å². The molecule has 0 heterocycles. The van der Waals surface area contributed by atoms with E-state index < -0.39 is 97.5 Å². The van der Waals surface area contributed by atoms with Crippen LogP contribution in [0.4, 0.5) is 0 Å². The Labute approximate surface area is 666 Å². The number of carbonyl (C=O) groups is 4. The van der Waals surface area contributed by atoms with Crippen molar-refractivity contribution in [3.8, 4) is 0 Å². The molecule has 622 valence electrons. The van der Waals surface area contributed by atoms with Crippen LogP contribution in [-0.4, -0.2) is 96.7 Å². The van der Waals surface area contributed by atoms with Gasteiger partial charge in [0.25, 0.3) is 0 Å². The summed E-state index contributed by atoms with van der Waals surface area (Å²) in [5, 5.41) is 10.7. The fourth-order valence-electron chi connectivity index (χ4n) is 10.3. The summed E-state index contributed by atoms with van der Waals surface area (Å²) in [6, 6.07) is 0. The number of aliphatic hydroxyl groups is 1. The number of allylic oxidation sites excluding steroid dienone is 32. The Morgan fingerprint density at radius 1 is 0.264 bits per heavy atom. The van der Waals surface area contributed by atoms with E-state index in [1.54, 1.807) is 0 Å². The van der Waals surface area contributed by atoms with Gasteiger partial charge in [-0.05, 0) is 148 Å². The van der Waals surface area contributed by atoms with Crippen molar-refractivity contribution in [3.05, 3.63) is 194 Å². The Kier molecular flexibility index (Phi) is 76.4. The third-order valence-corrected chi connectivity index (χ3v) is 18.5. The first-order valence-corrected chi connectivity index (χ1v) is 44.7. The highest BCUT2D eigenvalue weighted by molar-refractivity contribution is 7.47. The topological polar surface area (TPSA) is 237 Å². The van der Waals surface area contributed by atoms with Crippen LogP contribution in [-0.2, 0) is 65.4 Å². The Morgan fingerprint density at radius 3 is 0.818 bits per heavy atom. The van der Waals surface area contributed by atoms with Gasteiger partial charge in [0.05, 0.1) is 26.4 Å². The number of carbonyl (C=O) groups excluding carboxylic acids is 4. The van der Waals surface area contributed by atoms with Gasteiger partial charge in [-0.1, -0.05) is 318 Å². The van der Waals surface area contributed by atoms with Crippen molar-refractivity contribution in [3.63, 3.8) is 0 Å². The quantitative estimate of drug-likeness (QED) is 0.0169. The molecule has 0 saturated heterocycles. The van der Waals surface area contributed by atoms with E-state index in [2.05, 4.69) is 186 Å². The second-order valence-corrected chi connectivity index (χ2v) is 29.9. The molecule has 0 aliphatic carbocycles. The molecule has 0 bridgehead atoms. The molecule has 0 amide bonds. The third kappa shape index (κ3) is 80.0. The maximum atomic E-state index is 13.1. The molecule has 0 aromatic rings. The lowest BCUT2D eigenvalue weighted by Crippen LogP contribution is -2.30. The zero-order chi connectivity index (χ0) is 80.3. The summed E-state index contributed by atoms with van der Waals surface area (Å²) >= 11 is 0. The summed E-state index contributed by atoms with van der Waals surface area (Å²) in [6.45, 7) is 4.40. The molecular weight excluding hydrogens is 1430 g/mol. The smallest absolute Gasteiger partial charge is 0.462 e. The van der Waals surface area contributed by atoms with Gasteiger partial charge in [-0.2, -0.15) is 0 Å². The molecule has 0 saturated carbocycles. The average Bonchev–Trinajstić information content (AvgIpc) is 0.906. The third-order valence-electron chi connectivity index (χ3n) is 16.6. The molecule has 0 rings (SSSR count). The van der Waals surface area contributed by atoms with Gasteiger partial charge in [-0.25, -0.2) is 9.13 Å². The molecule has 2 unspecified atom stereocenters. The Bertz CT molecular complexity index is 2850. The fraction of sp³-hybridized carbons (Fsp3) is 0.604. The van der Waals surface area contributed by atoms with Crippen LogP contribution in [0, 0.1) is 0 Å². The summed E-state index contributed by atoms with van der Waals surface area (Å²) < 4.78 is 68.5. The van der Waals surface area contributed by atoms with Crippen molar-refractivity contribution in [1.29, 1.82) is 0 Å². The van der Waals surface area contributed by atoms with Gasteiger partial charge in [0.1, 0.15) is 19.3 Å². The lowest BCUT2D eigenvalue weighted by atomic mass is 10.0. The van der Waals surface area contributed by atoms with E-state index in [-0.39, 0.29) is 25.7 Å². The number of phosphoric acid groups is 2. The van der Waals surface area contributed by atoms with Crippen molar-refractivity contribution < 1.29 is 80.2 Å². The normalized spacial score (nSPS) is 14.8. The molecule has 5 atom stereocenters. The zero-order valence-corrected chi connectivity index (χ0v) is 69.9. The van der Waals surface area contributed by atoms with Crippen LogP contribution < -0.4 is 0 Å². The largest absolute Gasteiger partial charge is 0.472 e. The van der Waals surface area contributed by atoms with E-state index in [0.717, 1.165) is 135 Å². The summed E-state index contributed by atoms with van der Waals surface area (Å²) in [6.07, 6.45) is 100. The highest BCUT2D eigenvalue weighted by Gasteiger charge is 2.30. The molecule has 17 nitrogen and oxygen atoms in total. The second kappa shape index (κ2) is 80.9. The highest BCUT2D eigenvalue weighted by Crippen LogP contribution is 2.45. The van der Waals surface area contributed by atoms with Gasteiger partial charge < -0.3 is 33.8 Å². The molecule has 0 aliphatic rings. The first-order chi connectivity index (χ1) is 53.7. The van der Waals surface area contributed by atoms with Crippen molar-refractivity contribution >= 4 is 39.5 Å². The monoisotopic (exact) mass is 1570 g/mol. The van der Waals surface area contributed by atoms with Gasteiger partial charge in [-0.15, -0.1) is 0 Å². The molecule has 0 fully saturated rings. The molecule has 0 spiro atoms. The van der Waals surface area contributed by atoms with Crippen LogP contribution in [0.25, 0.3) is 0 Å². The Morgan fingerprint density at radius 2 is 0.491 bits per heavy atom. The number of unbranched alkanes of at least 4 members (excludes halogenated alkanes) is 18. The van der Waals surface area contributed by atoms with E-state index in [9.17, 15) is 43.2 Å². The number of esters is 4. The zero-order valence-electron chi connectivity index (χ0n) is 68.1. The number of hydrogen-bond donors (Lipinski definition) is 3. The lowest BCUT2D eigenvalue weighted by molar-refractivity contribution is -0.161. The molecule has 110 heavy (non-hydrogen) atoms. The minimum Gasteiger partial charge on any atom is -0.462 e. The van der Waals surface area contributed by atoms with Gasteiger partial charge >= 0.3 is 39.5 Å². The summed E-state index contributed by atoms with van der Waals surface area (Å²) in [7, 11) is -10.0. The summed E-state index contributed by atoms with van der Waals surface area (Å²) in [5.41, 5.74) is 0.